The van der Waals surface area contributed by atoms with Crippen LogP contribution in [0.3, 0.4) is 0 Å². The molecular formula is C8H12N2. The normalized spacial score (nSPS) is 19.1. The highest BCUT2D eigenvalue weighted by Gasteiger charge is 1.99. The van der Waals surface area contributed by atoms with Crippen LogP contribution in [-0.2, 0) is 0 Å². The monoisotopic (exact) mass is 136 g/mol. The maximum atomic E-state index is 3.85. The van der Waals surface area contributed by atoms with Gasteiger partial charge in [0.1, 0.15) is 0 Å². The van der Waals surface area contributed by atoms with E-state index in [1.807, 2.05) is 13.1 Å². The van der Waals surface area contributed by atoms with Crippen molar-refractivity contribution >= 4 is 12.4 Å². The molecule has 54 valence electrons. The zero-order valence-electron chi connectivity index (χ0n) is 6.25. The molecule has 2 heteroatoms. The molecule has 0 radical (unpaired) electrons. The quantitative estimate of drug-likeness (QED) is 0.410. The summed E-state index contributed by atoms with van der Waals surface area (Å²) in [4.78, 5) is 0. The maximum Gasteiger partial charge on any atom is 0.0524 e. The predicted molar refractivity (Wildman–Crippen MR) is 44.6 cm³/mol. The van der Waals surface area contributed by atoms with Crippen molar-refractivity contribution in [1.29, 1.82) is 0 Å². The summed E-state index contributed by atoms with van der Waals surface area (Å²) in [5.41, 5.74) is 1.32. The van der Waals surface area contributed by atoms with Gasteiger partial charge >= 0.3 is 0 Å². The van der Waals surface area contributed by atoms with E-state index in [1.165, 1.54) is 24.8 Å². The first-order valence-corrected chi connectivity index (χ1v) is 3.63. The molecule has 0 atom stereocenters. The van der Waals surface area contributed by atoms with Gasteiger partial charge in [0.05, 0.1) is 6.21 Å². The summed E-state index contributed by atoms with van der Waals surface area (Å²) < 4.78 is 0. The molecule has 0 amide bonds. The van der Waals surface area contributed by atoms with Crippen molar-refractivity contribution < 1.29 is 0 Å². The van der Waals surface area contributed by atoms with Crippen molar-refractivity contribution in [1.82, 2.24) is 0 Å². The third kappa shape index (κ3) is 2.13. The Hall–Kier alpha value is -0.920. The Morgan fingerprint density at radius 3 is 3.00 bits per heavy atom. The minimum absolute atomic E-state index is 1.17. The van der Waals surface area contributed by atoms with Gasteiger partial charge in [-0.1, -0.05) is 6.08 Å². The number of allylic oxidation sites excluding steroid dienone is 2. The molecule has 1 aliphatic carbocycles. The summed E-state index contributed by atoms with van der Waals surface area (Å²) in [7, 11) is 0. The Kier molecular flexibility index (Phi) is 2.87. The van der Waals surface area contributed by atoms with Crippen molar-refractivity contribution in [2.24, 2.45) is 10.2 Å². The summed E-state index contributed by atoms with van der Waals surface area (Å²) in [6.45, 7) is 1.86. The van der Waals surface area contributed by atoms with Crippen LogP contribution in [0.2, 0.25) is 0 Å². The van der Waals surface area contributed by atoms with E-state index in [-0.39, 0.29) is 0 Å². The number of hydrogen-bond donors (Lipinski definition) is 0. The average Bonchev–Trinajstić information content (AvgIpc) is 2.41. The summed E-state index contributed by atoms with van der Waals surface area (Å²) in [5.74, 6) is 0. The molecule has 0 aromatic carbocycles. The fourth-order valence-electron chi connectivity index (χ4n) is 0.987. The molecule has 0 N–H and O–H groups in total. The molecule has 0 saturated carbocycles. The molecule has 0 heterocycles. The molecule has 0 bridgehead atoms. The Labute approximate surface area is 61.4 Å². The zero-order chi connectivity index (χ0) is 7.23. The minimum Gasteiger partial charge on any atom is -0.164 e. The second-order valence-electron chi connectivity index (χ2n) is 2.29. The lowest BCUT2D eigenvalue weighted by Crippen LogP contribution is -1.76. The van der Waals surface area contributed by atoms with Crippen LogP contribution >= 0.6 is 0 Å². The molecule has 0 aliphatic heterocycles. The largest absolute Gasteiger partial charge is 0.164 e. The van der Waals surface area contributed by atoms with Gasteiger partial charge in [-0.05, 0) is 31.8 Å². The number of rotatable bonds is 2. The van der Waals surface area contributed by atoms with Crippen molar-refractivity contribution in [3.63, 3.8) is 0 Å². The Morgan fingerprint density at radius 2 is 2.40 bits per heavy atom. The fourth-order valence-corrected chi connectivity index (χ4v) is 0.987. The first-order valence-electron chi connectivity index (χ1n) is 3.63. The van der Waals surface area contributed by atoms with Crippen molar-refractivity contribution in [3.05, 3.63) is 11.6 Å². The topological polar surface area (TPSA) is 24.7 Å². The van der Waals surface area contributed by atoms with Gasteiger partial charge in [0.25, 0.3) is 0 Å². The van der Waals surface area contributed by atoms with Crippen LogP contribution in [0.15, 0.2) is 21.9 Å². The van der Waals surface area contributed by atoms with Crippen LogP contribution in [-0.4, -0.2) is 12.4 Å². The summed E-state index contributed by atoms with van der Waals surface area (Å²) in [6, 6.07) is 0. The fraction of sp³-hybridized carbons (Fsp3) is 0.500. The van der Waals surface area contributed by atoms with Gasteiger partial charge in [-0.15, -0.1) is 0 Å². The van der Waals surface area contributed by atoms with Crippen LogP contribution in [0.1, 0.15) is 26.2 Å². The van der Waals surface area contributed by atoms with Crippen LogP contribution in [0, 0.1) is 0 Å². The van der Waals surface area contributed by atoms with Gasteiger partial charge in [-0.3, -0.25) is 0 Å². The molecule has 0 aromatic heterocycles. The van der Waals surface area contributed by atoms with E-state index in [0.717, 1.165) is 0 Å². The minimum atomic E-state index is 1.17. The first kappa shape index (κ1) is 7.19. The van der Waals surface area contributed by atoms with Crippen molar-refractivity contribution in [2.75, 3.05) is 0 Å². The van der Waals surface area contributed by atoms with Gasteiger partial charge in [0.15, 0.2) is 0 Å². The van der Waals surface area contributed by atoms with Crippen LogP contribution in [0.25, 0.3) is 0 Å². The average molecular weight is 136 g/mol. The standard InChI is InChI=1S/C8H12N2/c1-2-9-10-7-8-5-3-4-6-8/h2,5,7H,3-4,6H2,1H3/b9-2-,10-7-. The van der Waals surface area contributed by atoms with Crippen molar-refractivity contribution in [2.45, 2.75) is 26.2 Å². The van der Waals surface area contributed by atoms with E-state index < -0.39 is 0 Å². The van der Waals surface area contributed by atoms with Gasteiger partial charge < -0.3 is 0 Å². The van der Waals surface area contributed by atoms with E-state index in [4.69, 9.17) is 0 Å². The van der Waals surface area contributed by atoms with Gasteiger partial charge in [-0.25, -0.2) is 0 Å². The Bertz CT molecular complexity index is 178. The number of hydrogen-bond acceptors (Lipinski definition) is 2. The molecule has 10 heavy (non-hydrogen) atoms. The van der Waals surface area contributed by atoms with Crippen LogP contribution in [0.4, 0.5) is 0 Å². The third-order valence-electron chi connectivity index (χ3n) is 1.48. The van der Waals surface area contributed by atoms with Gasteiger partial charge in [0.2, 0.25) is 0 Å². The molecule has 0 aromatic rings. The van der Waals surface area contributed by atoms with Gasteiger partial charge in [0, 0.05) is 6.21 Å². The van der Waals surface area contributed by atoms with Gasteiger partial charge in [-0.2, -0.15) is 10.2 Å². The van der Waals surface area contributed by atoms with E-state index in [2.05, 4.69) is 16.3 Å². The molecular weight excluding hydrogens is 124 g/mol. The van der Waals surface area contributed by atoms with E-state index in [9.17, 15) is 0 Å². The molecule has 0 unspecified atom stereocenters. The molecule has 0 spiro atoms. The highest BCUT2D eigenvalue weighted by Crippen LogP contribution is 2.14. The molecule has 1 aliphatic rings. The highest BCUT2D eigenvalue weighted by molar-refractivity contribution is 5.79. The summed E-state index contributed by atoms with van der Waals surface area (Å²) in [5, 5.41) is 7.59. The maximum absolute atomic E-state index is 3.85. The van der Waals surface area contributed by atoms with Crippen LogP contribution < -0.4 is 0 Å². The SMILES string of the molecule is C/C=N\N=C/C1=CCCC1. The van der Waals surface area contributed by atoms with E-state index in [1.54, 1.807) is 6.21 Å². The second kappa shape index (κ2) is 3.99. The smallest absolute Gasteiger partial charge is 0.0524 e. The summed E-state index contributed by atoms with van der Waals surface area (Å²) in [6.07, 6.45) is 9.39. The lowest BCUT2D eigenvalue weighted by molar-refractivity contribution is 0.921. The molecule has 2 nitrogen and oxygen atoms in total. The Morgan fingerprint density at radius 1 is 1.50 bits per heavy atom. The highest BCUT2D eigenvalue weighted by atomic mass is 15.2. The lowest BCUT2D eigenvalue weighted by atomic mass is 10.3. The first-order chi connectivity index (χ1) is 4.93. The Balaban J connectivity index is 2.36. The van der Waals surface area contributed by atoms with E-state index >= 15 is 0 Å². The summed E-state index contributed by atoms with van der Waals surface area (Å²) >= 11 is 0. The second-order valence-corrected chi connectivity index (χ2v) is 2.29. The molecule has 0 saturated heterocycles. The predicted octanol–water partition coefficient (Wildman–Crippen LogP) is 2.17. The lowest BCUT2D eigenvalue weighted by Gasteiger charge is -1.85. The zero-order valence-corrected chi connectivity index (χ0v) is 6.25. The van der Waals surface area contributed by atoms with E-state index in [0.29, 0.717) is 0 Å². The molecule has 1 rings (SSSR count). The van der Waals surface area contributed by atoms with Crippen molar-refractivity contribution in [3.8, 4) is 0 Å². The third-order valence-corrected chi connectivity index (χ3v) is 1.48. The number of nitrogens with zero attached hydrogens (tertiary/aromatic N) is 2. The molecule has 0 fully saturated rings. The van der Waals surface area contributed by atoms with Crippen LogP contribution in [0.5, 0.6) is 0 Å².